The second-order valence-corrected chi connectivity index (χ2v) is 10.9. The topological polar surface area (TPSA) is 86.5 Å². The SMILES string of the molecule is CCCCC(=O)NC1=CC(c2ccc3[nH]nc(-c4nc5c(-c6ccccc6F)cccc5[nH]4)c3c2)=CC2C(C)C12. The number of carbonyl (C=O) groups is 1. The van der Waals surface area contributed by atoms with Gasteiger partial charge in [0.25, 0.3) is 0 Å². The van der Waals surface area contributed by atoms with Gasteiger partial charge in [-0.1, -0.05) is 62.7 Å². The average molecular weight is 532 g/mol. The molecule has 40 heavy (non-hydrogen) atoms. The highest BCUT2D eigenvalue weighted by Crippen LogP contribution is 2.54. The van der Waals surface area contributed by atoms with Crippen molar-refractivity contribution in [2.45, 2.75) is 33.1 Å². The highest BCUT2D eigenvalue weighted by atomic mass is 19.1. The quantitative estimate of drug-likeness (QED) is 0.205. The molecular weight excluding hydrogens is 501 g/mol. The van der Waals surface area contributed by atoms with Crippen LogP contribution >= 0.6 is 0 Å². The number of nitrogens with zero attached hydrogens (tertiary/aromatic N) is 2. The van der Waals surface area contributed by atoms with E-state index in [1.54, 1.807) is 12.1 Å². The Balaban J connectivity index is 1.26. The van der Waals surface area contributed by atoms with Crippen molar-refractivity contribution in [2.75, 3.05) is 0 Å². The summed E-state index contributed by atoms with van der Waals surface area (Å²) in [6.45, 7) is 4.34. The molecule has 0 aliphatic heterocycles. The van der Waals surface area contributed by atoms with E-state index in [4.69, 9.17) is 4.98 Å². The molecule has 0 radical (unpaired) electrons. The number of fused-ring (bicyclic) bond motifs is 3. The first-order valence-corrected chi connectivity index (χ1v) is 14.0. The number of halogens is 1. The Morgan fingerprint density at radius 3 is 2.75 bits per heavy atom. The van der Waals surface area contributed by atoms with Crippen LogP contribution in [-0.4, -0.2) is 26.1 Å². The van der Waals surface area contributed by atoms with Crippen molar-refractivity contribution in [1.82, 2.24) is 25.5 Å². The van der Waals surface area contributed by atoms with Crippen LogP contribution in [0.4, 0.5) is 4.39 Å². The third-order valence-electron chi connectivity index (χ3n) is 8.33. The number of para-hydroxylation sites is 1. The number of benzene rings is 3. The number of H-pyrrole nitrogens is 2. The molecule has 3 aromatic carbocycles. The number of hydrogen-bond acceptors (Lipinski definition) is 3. The Bertz CT molecular complexity index is 1840. The van der Waals surface area contributed by atoms with Crippen LogP contribution in [0, 0.1) is 23.6 Å². The maximum Gasteiger partial charge on any atom is 0.224 e. The van der Waals surface area contributed by atoms with E-state index in [0.29, 0.717) is 46.8 Å². The van der Waals surface area contributed by atoms with E-state index in [1.807, 2.05) is 30.3 Å². The zero-order chi connectivity index (χ0) is 27.4. The van der Waals surface area contributed by atoms with Crippen LogP contribution in [0.25, 0.3) is 50.2 Å². The third-order valence-corrected chi connectivity index (χ3v) is 8.33. The molecule has 7 rings (SSSR count). The molecular formula is C33H30FN5O. The van der Waals surface area contributed by atoms with Gasteiger partial charge in [-0.05, 0) is 59.7 Å². The monoisotopic (exact) mass is 531 g/mol. The van der Waals surface area contributed by atoms with Crippen LogP contribution < -0.4 is 5.32 Å². The number of nitrogens with one attached hydrogen (secondary N) is 3. The predicted octanol–water partition coefficient (Wildman–Crippen LogP) is 7.38. The Morgan fingerprint density at radius 1 is 1.05 bits per heavy atom. The van der Waals surface area contributed by atoms with E-state index in [1.165, 1.54) is 6.07 Å². The molecule has 2 aliphatic rings. The number of rotatable bonds is 7. The summed E-state index contributed by atoms with van der Waals surface area (Å²) in [4.78, 5) is 20.8. The smallest absolute Gasteiger partial charge is 0.224 e. The molecule has 7 heteroatoms. The number of hydrogen-bond donors (Lipinski definition) is 3. The minimum Gasteiger partial charge on any atom is -0.337 e. The van der Waals surface area contributed by atoms with Gasteiger partial charge in [-0.2, -0.15) is 5.10 Å². The standard InChI is InChI=1S/C33H30FN5O/c1-3-4-12-29(40)35-28-17-20(16-23-18(2)30(23)28)19-13-14-26-24(15-19)32(39-38-26)33-36-27-11-7-9-22(31(27)37-33)21-8-5-6-10-25(21)34/h5-11,13-18,23,30H,3-4,12H2,1-2H3,(H,35,40)(H,36,37)(H,38,39). The fourth-order valence-corrected chi connectivity index (χ4v) is 6.03. The van der Waals surface area contributed by atoms with Gasteiger partial charge in [0, 0.05) is 34.5 Å². The van der Waals surface area contributed by atoms with Gasteiger partial charge in [0.15, 0.2) is 5.82 Å². The van der Waals surface area contributed by atoms with Crippen LogP contribution in [0.1, 0.15) is 38.7 Å². The van der Waals surface area contributed by atoms with E-state index in [9.17, 15) is 9.18 Å². The molecule has 2 aliphatic carbocycles. The molecule has 2 aromatic heterocycles. The van der Waals surface area contributed by atoms with E-state index in [2.05, 4.69) is 58.6 Å². The Hall–Kier alpha value is -4.52. The molecule has 0 saturated heterocycles. The summed E-state index contributed by atoms with van der Waals surface area (Å²) in [5.41, 5.74) is 7.58. The van der Waals surface area contributed by atoms with Crippen LogP contribution in [-0.2, 0) is 4.79 Å². The minimum absolute atomic E-state index is 0.0967. The molecule has 6 nitrogen and oxygen atoms in total. The third kappa shape index (κ3) is 4.13. The predicted molar refractivity (Wildman–Crippen MR) is 156 cm³/mol. The van der Waals surface area contributed by atoms with Crippen LogP contribution in [0.2, 0.25) is 0 Å². The first-order valence-electron chi connectivity index (χ1n) is 14.0. The van der Waals surface area contributed by atoms with E-state index in [0.717, 1.165) is 51.7 Å². The summed E-state index contributed by atoms with van der Waals surface area (Å²) in [6.07, 6.45) is 6.92. The Kier molecular flexibility index (Phi) is 5.88. The molecule has 3 unspecified atom stereocenters. The molecule has 0 bridgehead atoms. The van der Waals surface area contributed by atoms with E-state index in [-0.39, 0.29) is 11.7 Å². The highest BCUT2D eigenvalue weighted by molar-refractivity contribution is 5.98. The summed E-state index contributed by atoms with van der Waals surface area (Å²) in [5.74, 6) is 1.78. The molecule has 1 saturated carbocycles. The molecule has 3 atom stereocenters. The number of carbonyl (C=O) groups excluding carboxylic acids is 1. The zero-order valence-corrected chi connectivity index (χ0v) is 22.5. The zero-order valence-electron chi connectivity index (χ0n) is 22.5. The number of aromatic amines is 2. The number of allylic oxidation sites excluding steroid dienone is 4. The lowest BCUT2D eigenvalue weighted by molar-refractivity contribution is -0.120. The fourth-order valence-electron chi connectivity index (χ4n) is 6.03. The number of aromatic nitrogens is 4. The van der Waals surface area contributed by atoms with Gasteiger partial charge in [-0.3, -0.25) is 9.89 Å². The van der Waals surface area contributed by atoms with Gasteiger partial charge in [-0.15, -0.1) is 0 Å². The molecule has 2 heterocycles. The number of amides is 1. The summed E-state index contributed by atoms with van der Waals surface area (Å²) in [6, 6.07) is 18.7. The van der Waals surface area contributed by atoms with Crippen LogP contribution in [0.15, 0.2) is 78.5 Å². The largest absolute Gasteiger partial charge is 0.337 e. The van der Waals surface area contributed by atoms with E-state index < -0.39 is 0 Å². The number of unbranched alkanes of at least 4 members (excludes halogenated alkanes) is 1. The lowest BCUT2D eigenvalue weighted by atomic mass is 9.96. The van der Waals surface area contributed by atoms with Crippen molar-refractivity contribution in [3.63, 3.8) is 0 Å². The number of imidazole rings is 1. The average Bonchev–Trinajstić information content (AvgIpc) is 3.28. The van der Waals surface area contributed by atoms with Gasteiger partial charge in [0.1, 0.15) is 11.5 Å². The first-order chi connectivity index (χ1) is 19.5. The second kappa shape index (κ2) is 9.59. The first kappa shape index (κ1) is 24.5. The second-order valence-electron chi connectivity index (χ2n) is 10.9. The van der Waals surface area contributed by atoms with Crippen LogP contribution in [0.5, 0.6) is 0 Å². The van der Waals surface area contributed by atoms with Crippen molar-refractivity contribution in [1.29, 1.82) is 0 Å². The summed E-state index contributed by atoms with van der Waals surface area (Å²) in [7, 11) is 0. The fraction of sp³-hybridized carbons (Fsp3) is 0.242. The Morgan fingerprint density at radius 2 is 1.90 bits per heavy atom. The molecule has 1 fully saturated rings. The maximum absolute atomic E-state index is 14.6. The lowest BCUT2D eigenvalue weighted by Crippen LogP contribution is -2.24. The van der Waals surface area contributed by atoms with Gasteiger partial charge in [0.2, 0.25) is 5.91 Å². The molecule has 5 aromatic rings. The van der Waals surface area contributed by atoms with E-state index >= 15 is 0 Å². The van der Waals surface area contributed by atoms with Gasteiger partial charge in [0.05, 0.1) is 16.6 Å². The van der Waals surface area contributed by atoms with Crippen molar-refractivity contribution >= 4 is 33.4 Å². The van der Waals surface area contributed by atoms with Crippen molar-refractivity contribution < 1.29 is 9.18 Å². The van der Waals surface area contributed by atoms with Crippen LogP contribution in [0.3, 0.4) is 0 Å². The normalized spacial score (nSPS) is 19.8. The molecule has 200 valence electrons. The molecule has 1 amide bonds. The minimum atomic E-state index is -0.281. The summed E-state index contributed by atoms with van der Waals surface area (Å²) in [5, 5.41) is 11.9. The van der Waals surface area contributed by atoms with Gasteiger partial charge >= 0.3 is 0 Å². The van der Waals surface area contributed by atoms with Crippen molar-refractivity contribution in [3.05, 3.63) is 89.9 Å². The lowest BCUT2D eigenvalue weighted by Gasteiger charge is -2.15. The maximum atomic E-state index is 14.6. The van der Waals surface area contributed by atoms with Crippen molar-refractivity contribution in [2.24, 2.45) is 17.8 Å². The summed E-state index contributed by atoms with van der Waals surface area (Å²) >= 11 is 0. The Labute approximate surface area is 231 Å². The van der Waals surface area contributed by atoms with Gasteiger partial charge < -0.3 is 10.3 Å². The summed E-state index contributed by atoms with van der Waals surface area (Å²) < 4.78 is 14.6. The van der Waals surface area contributed by atoms with Gasteiger partial charge in [-0.25, -0.2) is 9.37 Å². The van der Waals surface area contributed by atoms with Crippen molar-refractivity contribution in [3.8, 4) is 22.6 Å². The molecule has 0 spiro atoms. The molecule has 3 N–H and O–H groups in total. The highest BCUT2D eigenvalue weighted by Gasteiger charge is 2.49.